The number of carboxylic acids is 1. The Bertz CT molecular complexity index is 758. The first-order valence-electron chi connectivity index (χ1n) is 9.38. The summed E-state index contributed by atoms with van der Waals surface area (Å²) in [5, 5.41) is 9.03. The third-order valence-electron chi connectivity index (χ3n) is 4.88. The molecule has 1 fully saturated rings. The van der Waals surface area contributed by atoms with E-state index in [0.717, 1.165) is 24.2 Å². The van der Waals surface area contributed by atoms with Crippen molar-refractivity contribution in [3.63, 3.8) is 0 Å². The largest absolute Gasteiger partial charge is 0.494 e. The predicted molar refractivity (Wildman–Crippen MR) is 103 cm³/mol. The summed E-state index contributed by atoms with van der Waals surface area (Å²) in [5.41, 5.74) is 2.43. The summed E-state index contributed by atoms with van der Waals surface area (Å²) in [7, 11) is 0. The molecule has 0 radical (unpaired) electrons. The van der Waals surface area contributed by atoms with Crippen LogP contribution in [-0.2, 0) is 22.4 Å². The van der Waals surface area contributed by atoms with Crippen molar-refractivity contribution in [2.75, 3.05) is 19.7 Å². The number of hydrogen-bond donors (Lipinski definition) is 1. The number of carboxylic acid groups (broad SMARTS) is 1. The monoisotopic (exact) mass is 367 g/mol. The van der Waals surface area contributed by atoms with Crippen LogP contribution in [0.5, 0.6) is 5.75 Å². The van der Waals surface area contributed by atoms with E-state index in [1.165, 1.54) is 5.56 Å². The molecule has 1 unspecified atom stereocenters. The lowest BCUT2D eigenvalue weighted by Crippen LogP contribution is -2.28. The molecule has 5 nitrogen and oxygen atoms in total. The summed E-state index contributed by atoms with van der Waals surface area (Å²) in [6, 6.07) is 18.3. The highest BCUT2D eigenvalue weighted by Crippen LogP contribution is 2.19. The van der Waals surface area contributed by atoms with E-state index in [2.05, 4.69) is 12.1 Å². The molecular formula is C22H25NO4. The van der Waals surface area contributed by atoms with E-state index in [1.54, 1.807) is 4.90 Å². The van der Waals surface area contributed by atoms with Crippen LogP contribution < -0.4 is 4.74 Å². The van der Waals surface area contributed by atoms with E-state index in [1.807, 2.05) is 42.5 Å². The van der Waals surface area contributed by atoms with E-state index in [9.17, 15) is 9.59 Å². The fraction of sp³-hybridized carbons (Fsp3) is 0.364. The van der Waals surface area contributed by atoms with Crippen LogP contribution in [0.1, 0.15) is 24.0 Å². The molecule has 3 rings (SSSR count). The van der Waals surface area contributed by atoms with Gasteiger partial charge >= 0.3 is 5.97 Å². The van der Waals surface area contributed by atoms with Crippen LogP contribution in [0.2, 0.25) is 0 Å². The van der Waals surface area contributed by atoms with Crippen molar-refractivity contribution in [1.82, 2.24) is 4.90 Å². The van der Waals surface area contributed by atoms with E-state index in [-0.39, 0.29) is 12.3 Å². The molecule has 0 saturated carbocycles. The van der Waals surface area contributed by atoms with Crippen molar-refractivity contribution >= 4 is 11.9 Å². The maximum absolute atomic E-state index is 11.9. The first-order chi connectivity index (χ1) is 13.1. The first-order valence-corrected chi connectivity index (χ1v) is 9.38. The molecular weight excluding hydrogens is 342 g/mol. The molecule has 1 amide bonds. The molecule has 2 aromatic rings. The van der Waals surface area contributed by atoms with E-state index >= 15 is 0 Å². The summed E-state index contributed by atoms with van der Waals surface area (Å²) in [6.07, 6.45) is 2.80. The van der Waals surface area contributed by atoms with Crippen LogP contribution in [0, 0.1) is 5.92 Å². The zero-order valence-electron chi connectivity index (χ0n) is 15.3. The molecule has 0 spiro atoms. The third-order valence-corrected chi connectivity index (χ3v) is 4.88. The molecule has 1 atom stereocenters. The van der Waals surface area contributed by atoms with Gasteiger partial charge in [-0.25, -0.2) is 0 Å². The van der Waals surface area contributed by atoms with Gasteiger partial charge in [-0.1, -0.05) is 42.5 Å². The number of amides is 1. The molecule has 142 valence electrons. The van der Waals surface area contributed by atoms with Gasteiger partial charge in [-0.15, -0.1) is 0 Å². The van der Waals surface area contributed by atoms with Gasteiger partial charge in [0.1, 0.15) is 5.75 Å². The lowest BCUT2D eigenvalue weighted by atomic mass is 10.1. The lowest BCUT2D eigenvalue weighted by Gasteiger charge is -2.16. The molecule has 1 aliphatic rings. The Morgan fingerprint density at radius 3 is 2.41 bits per heavy atom. The molecule has 27 heavy (non-hydrogen) atoms. The maximum Gasteiger partial charge on any atom is 0.308 e. The maximum atomic E-state index is 11.9. The smallest absolute Gasteiger partial charge is 0.308 e. The van der Waals surface area contributed by atoms with E-state index < -0.39 is 11.9 Å². The predicted octanol–water partition coefficient (Wildman–Crippen LogP) is 3.17. The summed E-state index contributed by atoms with van der Waals surface area (Å²) in [6.45, 7) is 1.55. The van der Waals surface area contributed by atoms with E-state index in [4.69, 9.17) is 9.84 Å². The number of aliphatic carboxylic acids is 1. The summed E-state index contributed by atoms with van der Waals surface area (Å²) >= 11 is 0. The minimum absolute atomic E-state index is 0.0687. The minimum Gasteiger partial charge on any atom is -0.494 e. The zero-order chi connectivity index (χ0) is 19.1. The molecule has 5 heteroatoms. The quantitative estimate of drug-likeness (QED) is 0.691. The van der Waals surface area contributed by atoms with Gasteiger partial charge in [-0.05, 0) is 42.5 Å². The Balaban J connectivity index is 1.38. The van der Waals surface area contributed by atoms with Crippen molar-refractivity contribution in [1.29, 1.82) is 0 Å². The average molecular weight is 367 g/mol. The van der Waals surface area contributed by atoms with Crippen LogP contribution in [0.25, 0.3) is 0 Å². The number of rotatable bonds is 9. The topological polar surface area (TPSA) is 66.8 Å². The number of aryl methyl sites for hydroxylation is 1. The Labute approximate surface area is 159 Å². The lowest BCUT2D eigenvalue weighted by molar-refractivity contribution is -0.141. The first kappa shape index (κ1) is 19.0. The Kier molecular flexibility index (Phi) is 6.47. The van der Waals surface area contributed by atoms with Gasteiger partial charge in [0.15, 0.2) is 0 Å². The number of benzene rings is 2. The van der Waals surface area contributed by atoms with Crippen molar-refractivity contribution in [3.05, 3.63) is 65.7 Å². The molecule has 1 N–H and O–H groups in total. The zero-order valence-corrected chi connectivity index (χ0v) is 15.3. The average Bonchev–Trinajstić information content (AvgIpc) is 3.06. The van der Waals surface area contributed by atoms with E-state index in [0.29, 0.717) is 26.1 Å². The molecule has 0 aliphatic carbocycles. The van der Waals surface area contributed by atoms with Crippen molar-refractivity contribution in [2.45, 2.75) is 25.7 Å². The second-order valence-corrected chi connectivity index (χ2v) is 6.91. The second-order valence-electron chi connectivity index (χ2n) is 6.91. The summed E-state index contributed by atoms with van der Waals surface area (Å²) < 4.78 is 5.79. The fourth-order valence-corrected chi connectivity index (χ4v) is 3.28. The van der Waals surface area contributed by atoms with Gasteiger partial charge in [0.05, 0.1) is 12.5 Å². The normalized spacial score (nSPS) is 16.5. The summed E-state index contributed by atoms with van der Waals surface area (Å²) in [5.74, 6) is -0.681. The van der Waals surface area contributed by atoms with Gasteiger partial charge in [0, 0.05) is 19.5 Å². The molecule has 1 aliphatic heterocycles. The van der Waals surface area contributed by atoms with Crippen LogP contribution >= 0.6 is 0 Å². The Hall–Kier alpha value is -2.82. The highest BCUT2D eigenvalue weighted by atomic mass is 16.5. The standard InChI is InChI=1S/C22H25NO4/c24-21-15-19(22(25)26)16-23(21)13-12-18-8-10-20(11-9-18)27-14-4-7-17-5-2-1-3-6-17/h1-3,5-6,8-11,19H,4,7,12-16H2,(H,25,26). The number of likely N-dealkylation sites (tertiary alicyclic amines) is 1. The number of hydrogen-bond acceptors (Lipinski definition) is 3. The summed E-state index contributed by atoms with van der Waals surface area (Å²) in [4.78, 5) is 24.5. The van der Waals surface area contributed by atoms with Gasteiger partial charge in [-0.3, -0.25) is 9.59 Å². The SMILES string of the molecule is O=C(O)C1CC(=O)N(CCc2ccc(OCCCc3ccccc3)cc2)C1. The van der Waals surface area contributed by atoms with Crippen molar-refractivity contribution < 1.29 is 19.4 Å². The van der Waals surface area contributed by atoms with Crippen LogP contribution in [0.4, 0.5) is 0 Å². The Morgan fingerprint density at radius 1 is 1.04 bits per heavy atom. The second kappa shape index (κ2) is 9.21. The third kappa shape index (κ3) is 5.58. The molecule has 2 aromatic carbocycles. The number of carbonyl (C=O) groups excluding carboxylic acids is 1. The van der Waals surface area contributed by atoms with Crippen LogP contribution in [-0.4, -0.2) is 41.6 Å². The Morgan fingerprint density at radius 2 is 1.74 bits per heavy atom. The fourth-order valence-electron chi connectivity index (χ4n) is 3.28. The van der Waals surface area contributed by atoms with Crippen LogP contribution in [0.3, 0.4) is 0 Å². The van der Waals surface area contributed by atoms with Gasteiger partial charge in [0.2, 0.25) is 5.91 Å². The number of ether oxygens (including phenoxy) is 1. The van der Waals surface area contributed by atoms with Gasteiger partial charge < -0.3 is 14.7 Å². The highest BCUT2D eigenvalue weighted by Gasteiger charge is 2.33. The molecule has 1 heterocycles. The highest BCUT2D eigenvalue weighted by molar-refractivity contribution is 5.86. The van der Waals surface area contributed by atoms with Crippen LogP contribution in [0.15, 0.2) is 54.6 Å². The number of carbonyl (C=O) groups is 2. The minimum atomic E-state index is -0.889. The number of nitrogens with zero attached hydrogens (tertiary/aromatic N) is 1. The van der Waals surface area contributed by atoms with Gasteiger partial charge in [-0.2, -0.15) is 0 Å². The molecule has 1 saturated heterocycles. The molecule has 0 aromatic heterocycles. The van der Waals surface area contributed by atoms with Gasteiger partial charge in [0.25, 0.3) is 0 Å². The van der Waals surface area contributed by atoms with Crippen molar-refractivity contribution in [2.24, 2.45) is 5.92 Å². The van der Waals surface area contributed by atoms with Crippen molar-refractivity contribution in [3.8, 4) is 5.75 Å². The molecule has 0 bridgehead atoms.